The summed E-state index contributed by atoms with van der Waals surface area (Å²) in [7, 11) is 0. The molecular weight excluding hydrogens is 398 g/mol. The first kappa shape index (κ1) is 20.7. The maximum Gasteiger partial charge on any atom is 0.341 e. The minimum atomic E-state index is -1.03. The third kappa shape index (κ3) is 5.16. The van der Waals surface area contributed by atoms with Gasteiger partial charge in [0, 0.05) is 30.0 Å². The second-order valence-electron chi connectivity index (χ2n) is 7.56. The molecule has 5 N–H and O–H groups in total. The van der Waals surface area contributed by atoms with Gasteiger partial charge in [-0.2, -0.15) is 0 Å². The molecule has 2 heterocycles. The van der Waals surface area contributed by atoms with Gasteiger partial charge < -0.3 is 30.0 Å². The van der Waals surface area contributed by atoms with Crippen LogP contribution in [0.1, 0.15) is 23.3 Å². The van der Waals surface area contributed by atoms with Crippen LogP contribution in [0, 0.1) is 5.41 Å². The average Bonchev–Trinajstić information content (AvgIpc) is 3.40. The number of fused-ring (bicyclic) bond motifs is 1. The molecule has 0 amide bonds. The number of aliphatic carboxylic acids is 1. The molecule has 3 aromatic rings. The predicted octanol–water partition coefficient (Wildman–Crippen LogP) is 2.71. The highest BCUT2D eigenvalue weighted by Gasteiger charge is 2.17. The van der Waals surface area contributed by atoms with E-state index in [0.717, 1.165) is 41.8 Å². The minimum absolute atomic E-state index is 0.0144. The number of aryl methyl sites for hydroxylation is 2. The van der Waals surface area contributed by atoms with Crippen LogP contribution in [-0.2, 0) is 17.6 Å². The SMILES string of the molecule is N=C(N)c1ccc2oc(CCc3ccc(O[C@H]4CCNC4)cc3OCC(=O)O)cc2c1. The number of rotatable bonds is 9. The molecule has 8 nitrogen and oxygen atoms in total. The van der Waals surface area contributed by atoms with Crippen molar-refractivity contribution < 1.29 is 23.8 Å². The van der Waals surface area contributed by atoms with E-state index in [1.165, 1.54) is 0 Å². The first-order chi connectivity index (χ1) is 15.0. The van der Waals surface area contributed by atoms with Gasteiger partial charge in [0.1, 0.15) is 34.8 Å². The Morgan fingerprint density at radius 1 is 1.23 bits per heavy atom. The van der Waals surface area contributed by atoms with Crippen molar-refractivity contribution in [2.75, 3.05) is 19.7 Å². The highest BCUT2D eigenvalue weighted by atomic mass is 16.5. The molecule has 1 fully saturated rings. The fraction of sp³-hybridized carbons (Fsp3) is 0.304. The van der Waals surface area contributed by atoms with Gasteiger partial charge in [0.25, 0.3) is 0 Å². The number of carboxylic acids is 1. The molecule has 162 valence electrons. The van der Waals surface area contributed by atoms with Crippen molar-refractivity contribution in [2.45, 2.75) is 25.4 Å². The van der Waals surface area contributed by atoms with Crippen LogP contribution in [-0.4, -0.2) is 42.7 Å². The standard InChI is InChI=1S/C23H25N3O5/c24-23(25)15-3-6-20-16(9-15)10-17(31-20)4-1-14-2-5-18(30-19-7-8-26-12-19)11-21(14)29-13-22(27)28/h2-3,5-6,9-11,19,26H,1,4,7-8,12-13H2,(H3,24,25)(H,27,28)/t19-/m0/s1. The van der Waals surface area contributed by atoms with Crippen LogP contribution in [0.15, 0.2) is 46.9 Å². The summed E-state index contributed by atoms with van der Waals surface area (Å²) in [6, 6.07) is 12.9. The summed E-state index contributed by atoms with van der Waals surface area (Å²) < 4.78 is 17.4. The van der Waals surface area contributed by atoms with Crippen molar-refractivity contribution in [3.8, 4) is 11.5 Å². The fourth-order valence-electron chi connectivity index (χ4n) is 3.66. The van der Waals surface area contributed by atoms with E-state index in [-0.39, 0.29) is 11.9 Å². The topological polar surface area (TPSA) is 131 Å². The summed E-state index contributed by atoms with van der Waals surface area (Å²) in [5.41, 5.74) is 7.82. The van der Waals surface area contributed by atoms with E-state index < -0.39 is 12.6 Å². The Balaban J connectivity index is 1.49. The van der Waals surface area contributed by atoms with Crippen LogP contribution in [0.3, 0.4) is 0 Å². The van der Waals surface area contributed by atoms with E-state index in [0.29, 0.717) is 29.9 Å². The largest absolute Gasteiger partial charge is 0.489 e. The fourth-order valence-corrected chi connectivity index (χ4v) is 3.66. The normalized spacial score (nSPS) is 15.8. The number of hydrogen-bond acceptors (Lipinski definition) is 6. The van der Waals surface area contributed by atoms with Crippen molar-refractivity contribution in [3.05, 3.63) is 59.4 Å². The lowest BCUT2D eigenvalue weighted by Gasteiger charge is -2.16. The summed E-state index contributed by atoms with van der Waals surface area (Å²) in [6.07, 6.45) is 2.26. The summed E-state index contributed by atoms with van der Waals surface area (Å²) in [4.78, 5) is 11.0. The Hall–Kier alpha value is -3.52. The quantitative estimate of drug-likeness (QED) is 0.307. The third-order valence-corrected chi connectivity index (χ3v) is 5.23. The number of furan rings is 1. The molecule has 31 heavy (non-hydrogen) atoms. The second kappa shape index (κ2) is 9.09. The van der Waals surface area contributed by atoms with Gasteiger partial charge >= 0.3 is 5.97 Å². The van der Waals surface area contributed by atoms with E-state index in [1.54, 1.807) is 18.2 Å². The summed E-state index contributed by atoms with van der Waals surface area (Å²) >= 11 is 0. The van der Waals surface area contributed by atoms with E-state index in [4.69, 9.17) is 30.1 Å². The molecule has 1 atom stereocenters. The molecule has 2 aromatic carbocycles. The van der Waals surface area contributed by atoms with Gasteiger partial charge in [-0.25, -0.2) is 4.79 Å². The maximum atomic E-state index is 11.0. The van der Waals surface area contributed by atoms with E-state index in [9.17, 15) is 4.79 Å². The van der Waals surface area contributed by atoms with E-state index in [1.807, 2.05) is 24.3 Å². The van der Waals surface area contributed by atoms with Gasteiger partial charge in [0.15, 0.2) is 6.61 Å². The van der Waals surface area contributed by atoms with Gasteiger partial charge in [-0.3, -0.25) is 5.41 Å². The molecule has 1 saturated heterocycles. The van der Waals surface area contributed by atoms with Crippen molar-refractivity contribution >= 4 is 22.8 Å². The zero-order valence-electron chi connectivity index (χ0n) is 17.0. The van der Waals surface area contributed by atoms with Gasteiger partial charge in [-0.05, 0) is 55.3 Å². The molecule has 0 radical (unpaired) electrons. The number of carbonyl (C=O) groups is 1. The lowest BCUT2D eigenvalue weighted by Crippen LogP contribution is -2.19. The van der Waals surface area contributed by atoms with Crippen LogP contribution in [0.2, 0.25) is 0 Å². The Bertz CT molecular complexity index is 1100. The molecule has 1 aromatic heterocycles. The first-order valence-electron chi connectivity index (χ1n) is 10.2. The van der Waals surface area contributed by atoms with Crippen molar-refractivity contribution in [1.82, 2.24) is 5.32 Å². The second-order valence-corrected chi connectivity index (χ2v) is 7.56. The maximum absolute atomic E-state index is 11.0. The molecule has 0 bridgehead atoms. The molecular formula is C23H25N3O5. The van der Waals surface area contributed by atoms with Gasteiger partial charge in [0.2, 0.25) is 0 Å². The van der Waals surface area contributed by atoms with Crippen molar-refractivity contribution in [1.29, 1.82) is 5.41 Å². The lowest BCUT2D eigenvalue weighted by molar-refractivity contribution is -0.139. The number of benzene rings is 2. The Kier molecular flexibility index (Phi) is 6.08. The van der Waals surface area contributed by atoms with Crippen LogP contribution in [0.5, 0.6) is 11.5 Å². The summed E-state index contributed by atoms with van der Waals surface area (Å²) in [5.74, 6) is 0.938. The number of carboxylic acid groups (broad SMARTS) is 1. The molecule has 1 aliphatic rings. The third-order valence-electron chi connectivity index (χ3n) is 5.23. The zero-order chi connectivity index (χ0) is 21.8. The predicted molar refractivity (Wildman–Crippen MR) is 116 cm³/mol. The molecule has 4 rings (SSSR count). The molecule has 0 spiro atoms. The number of ether oxygens (including phenoxy) is 2. The average molecular weight is 423 g/mol. The first-order valence-corrected chi connectivity index (χ1v) is 10.2. The Labute approximate surface area is 179 Å². The van der Waals surface area contributed by atoms with E-state index in [2.05, 4.69) is 5.32 Å². The minimum Gasteiger partial charge on any atom is -0.489 e. The number of nitrogens with one attached hydrogen (secondary N) is 2. The molecule has 1 aliphatic heterocycles. The highest BCUT2D eigenvalue weighted by Crippen LogP contribution is 2.29. The monoisotopic (exact) mass is 423 g/mol. The molecule has 0 saturated carbocycles. The Morgan fingerprint density at radius 2 is 2.10 bits per heavy atom. The van der Waals surface area contributed by atoms with Crippen molar-refractivity contribution in [3.63, 3.8) is 0 Å². The molecule has 0 unspecified atom stereocenters. The van der Waals surface area contributed by atoms with E-state index >= 15 is 0 Å². The van der Waals surface area contributed by atoms with Crippen LogP contribution in [0.25, 0.3) is 11.0 Å². The zero-order valence-corrected chi connectivity index (χ0v) is 17.0. The van der Waals surface area contributed by atoms with Gasteiger partial charge in [0.05, 0.1) is 0 Å². The highest BCUT2D eigenvalue weighted by molar-refractivity contribution is 5.98. The number of amidine groups is 1. The van der Waals surface area contributed by atoms with Gasteiger partial charge in [-0.15, -0.1) is 0 Å². The number of nitrogen functional groups attached to an aromatic ring is 1. The Morgan fingerprint density at radius 3 is 2.84 bits per heavy atom. The summed E-state index contributed by atoms with van der Waals surface area (Å²) in [6.45, 7) is 1.31. The summed E-state index contributed by atoms with van der Waals surface area (Å²) in [5, 5.41) is 20.7. The van der Waals surface area contributed by atoms with Gasteiger partial charge in [-0.1, -0.05) is 6.07 Å². The van der Waals surface area contributed by atoms with Crippen LogP contribution >= 0.6 is 0 Å². The number of nitrogens with two attached hydrogens (primary N) is 1. The van der Waals surface area contributed by atoms with Crippen LogP contribution in [0.4, 0.5) is 0 Å². The lowest BCUT2D eigenvalue weighted by atomic mass is 10.1. The smallest absolute Gasteiger partial charge is 0.341 e. The number of hydrogen-bond donors (Lipinski definition) is 4. The molecule has 0 aliphatic carbocycles. The van der Waals surface area contributed by atoms with Crippen LogP contribution < -0.4 is 20.5 Å². The molecule has 8 heteroatoms. The van der Waals surface area contributed by atoms with Crippen molar-refractivity contribution in [2.24, 2.45) is 5.73 Å².